The van der Waals surface area contributed by atoms with Crippen LogP contribution in [0, 0.1) is 11.6 Å². The fraction of sp³-hybridized carbons (Fsp3) is 0.250. The molecule has 0 atom stereocenters. The van der Waals surface area contributed by atoms with Crippen LogP contribution in [0.4, 0.5) is 8.78 Å². The zero-order valence-corrected chi connectivity index (χ0v) is 14.2. The largest absolute Gasteiger partial charge is 0.481 e. The summed E-state index contributed by atoms with van der Waals surface area (Å²) in [6.07, 6.45) is 2.12. The fourth-order valence-corrected chi connectivity index (χ4v) is 3.07. The highest BCUT2D eigenvalue weighted by Crippen LogP contribution is 2.33. The van der Waals surface area contributed by atoms with E-state index in [2.05, 4.69) is 6.58 Å². The Morgan fingerprint density at radius 2 is 1.88 bits per heavy atom. The Hall–Kier alpha value is -2.89. The van der Waals surface area contributed by atoms with Crippen molar-refractivity contribution in [2.75, 3.05) is 19.7 Å². The van der Waals surface area contributed by atoms with Crippen LogP contribution in [0.5, 0.6) is 5.75 Å². The maximum absolute atomic E-state index is 14.7. The highest BCUT2D eigenvalue weighted by molar-refractivity contribution is 5.74. The molecule has 1 heterocycles. The first-order valence-electron chi connectivity index (χ1n) is 8.34. The van der Waals surface area contributed by atoms with E-state index >= 15 is 0 Å². The van der Waals surface area contributed by atoms with Crippen molar-refractivity contribution in [2.45, 2.75) is 12.8 Å². The number of likely N-dealkylation sites (tertiary alicyclic amines) is 1. The minimum atomic E-state index is -1.15. The van der Waals surface area contributed by atoms with Crippen LogP contribution in [0.15, 0.2) is 43.0 Å². The van der Waals surface area contributed by atoms with Crippen LogP contribution in [0.25, 0.3) is 16.8 Å². The average molecular weight is 359 g/mol. The minimum absolute atomic E-state index is 0.180. The summed E-state index contributed by atoms with van der Waals surface area (Å²) < 4.78 is 33.5. The molecule has 2 aromatic rings. The molecule has 136 valence electrons. The molecule has 0 bridgehead atoms. The van der Waals surface area contributed by atoms with Crippen LogP contribution in [0.3, 0.4) is 0 Å². The molecule has 26 heavy (non-hydrogen) atoms. The van der Waals surface area contributed by atoms with Crippen molar-refractivity contribution in [2.24, 2.45) is 0 Å². The van der Waals surface area contributed by atoms with Gasteiger partial charge in [0.25, 0.3) is 0 Å². The lowest BCUT2D eigenvalue weighted by Gasteiger charge is -2.21. The predicted molar refractivity (Wildman–Crippen MR) is 94.8 cm³/mol. The van der Waals surface area contributed by atoms with Crippen LogP contribution >= 0.6 is 0 Å². The van der Waals surface area contributed by atoms with E-state index in [1.165, 1.54) is 24.3 Å². The normalized spacial score (nSPS) is 13.7. The quantitative estimate of drug-likeness (QED) is 0.841. The summed E-state index contributed by atoms with van der Waals surface area (Å²) in [6, 6.07) is 8.25. The number of carboxylic acid groups (broad SMARTS) is 1. The highest BCUT2D eigenvalue weighted by atomic mass is 19.1. The van der Waals surface area contributed by atoms with Crippen LogP contribution in [-0.4, -0.2) is 35.7 Å². The first-order valence-corrected chi connectivity index (χ1v) is 8.34. The molecule has 1 N–H and O–H groups in total. The first kappa shape index (κ1) is 17.9. The first-order chi connectivity index (χ1) is 12.5. The Morgan fingerprint density at radius 1 is 1.15 bits per heavy atom. The number of aliphatic carboxylic acids is 1. The molecule has 0 amide bonds. The molecule has 1 saturated heterocycles. The van der Waals surface area contributed by atoms with Crippen LogP contribution in [-0.2, 0) is 4.79 Å². The highest BCUT2D eigenvalue weighted by Gasteiger charge is 2.18. The monoisotopic (exact) mass is 359 g/mol. The molecule has 6 heteroatoms. The molecule has 0 saturated carbocycles. The van der Waals surface area contributed by atoms with E-state index in [4.69, 9.17) is 9.84 Å². The number of benzene rings is 2. The number of ether oxygens (including phenoxy) is 1. The van der Waals surface area contributed by atoms with Gasteiger partial charge in [0.05, 0.1) is 0 Å². The van der Waals surface area contributed by atoms with Crippen LogP contribution in [0.1, 0.15) is 18.4 Å². The SMILES string of the molecule is C=C(c1ccc(-c2cc(F)ccc2OCC(=O)O)cc1F)N1CCCC1. The Balaban J connectivity index is 1.92. The number of hydrogen-bond acceptors (Lipinski definition) is 3. The van der Waals surface area contributed by atoms with Crippen molar-refractivity contribution in [3.63, 3.8) is 0 Å². The molecule has 1 fully saturated rings. The van der Waals surface area contributed by atoms with Gasteiger partial charge < -0.3 is 14.7 Å². The van der Waals surface area contributed by atoms with Gasteiger partial charge in [-0.05, 0) is 48.7 Å². The molecule has 0 aromatic heterocycles. The van der Waals surface area contributed by atoms with Crippen molar-refractivity contribution in [1.29, 1.82) is 0 Å². The summed E-state index contributed by atoms with van der Waals surface area (Å²) in [5.74, 6) is -1.95. The van der Waals surface area contributed by atoms with Gasteiger partial charge in [-0.1, -0.05) is 12.6 Å². The van der Waals surface area contributed by atoms with Gasteiger partial charge in [0, 0.05) is 29.9 Å². The Kier molecular flexibility index (Phi) is 5.21. The molecule has 0 radical (unpaired) electrons. The summed E-state index contributed by atoms with van der Waals surface area (Å²) in [6.45, 7) is 5.14. The van der Waals surface area contributed by atoms with Gasteiger partial charge in [-0.2, -0.15) is 0 Å². The summed E-state index contributed by atoms with van der Waals surface area (Å²) in [4.78, 5) is 12.8. The van der Waals surface area contributed by atoms with E-state index in [1.807, 2.05) is 4.90 Å². The van der Waals surface area contributed by atoms with Crippen molar-refractivity contribution < 1.29 is 23.4 Å². The van der Waals surface area contributed by atoms with Crippen molar-refractivity contribution in [3.05, 3.63) is 60.2 Å². The maximum atomic E-state index is 14.7. The summed E-state index contributed by atoms with van der Waals surface area (Å²) in [7, 11) is 0. The molecule has 0 unspecified atom stereocenters. The molecule has 0 spiro atoms. The van der Waals surface area contributed by atoms with Gasteiger partial charge >= 0.3 is 5.97 Å². The molecule has 0 aliphatic carbocycles. The van der Waals surface area contributed by atoms with E-state index in [0.29, 0.717) is 22.4 Å². The number of nitrogens with zero attached hydrogens (tertiary/aromatic N) is 1. The molecule has 2 aromatic carbocycles. The number of rotatable bonds is 6. The van der Waals surface area contributed by atoms with Gasteiger partial charge in [-0.25, -0.2) is 13.6 Å². The fourth-order valence-electron chi connectivity index (χ4n) is 3.07. The molecule has 1 aliphatic rings. The van der Waals surface area contributed by atoms with Crippen molar-refractivity contribution >= 4 is 11.7 Å². The van der Waals surface area contributed by atoms with Crippen LogP contribution in [0.2, 0.25) is 0 Å². The smallest absolute Gasteiger partial charge is 0.341 e. The lowest BCUT2D eigenvalue weighted by atomic mass is 10.0. The second kappa shape index (κ2) is 7.56. The average Bonchev–Trinajstić information content (AvgIpc) is 3.14. The number of carboxylic acids is 1. The summed E-state index contributed by atoms with van der Waals surface area (Å²) >= 11 is 0. The zero-order chi connectivity index (χ0) is 18.7. The van der Waals surface area contributed by atoms with Gasteiger partial charge in [0.15, 0.2) is 6.61 Å². The standard InChI is InChI=1S/C20H19F2NO3/c1-13(23-8-2-3-9-23)16-6-4-14(10-18(16)22)17-11-15(21)5-7-19(17)26-12-20(24)25/h4-7,10-11H,1-3,8-9,12H2,(H,24,25). The van der Waals surface area contributed by atoms with Gasteiger partial charge in [-0.3, -0.25) is 0 Å². The van der Waals surface area contributed by atoms with Gasteiger partial charge in [-0.15, -0.1) is 0 Å². The second-order valence-corrected chi connectivity index (χ2v) is 6.16. The van der Waals surface area contributed by atoms with E-state index in [1.54, 1.807) is 12.1 Å². The van der Waals surface area contributed by atoms with Gasteiger partial charge in [0.1, 0.15) is 17.4 Å². The maximum Gasteiger partial charge on any atom is 0.341 e. The third kappa shape index (κ3) is 3.85. The Labute approximate surface area is 150 Å². The Morgan fingerprint density at radius 3 is 2.54 bits per heavy atom. The van der Waals surface area contributed by atoms with Gasteiger partial charge in [0.2, 0.25) is 0 Å². The van der Waals surface area contributed by atoms with Crippen molar-refractivity contribution in [3.8, 4) is 16.9 Å². The minimum Gasteiger partial charge on any atom is -0.481 e. The lowest BCUT2D eigenvalue weighted by Crippen LogP contribution is -2.17. The molecule has 4 nitrogen and oxygen atoms in total. The summed E-state index contributed by atoms with van der Waals surface area (Å²) in [5.41, 5.74) is 1.73. The second-order valence-electron chi connectivity index (χ2n) is 6.16. The van der Waals surface area contributed by atoms with Crippen LogP contribution < -0.4 is 4.74 Å². The van der Waals surface area contributed by atoms with E-state index < -0.39 is 24.2 Å². The third-order valence-electron chi connectivity index (χ3n) is 4.37. The number of halogens is 2. The van der Waals surface area contributed by atoms with E-state index in [0.717, 1.165) is 25.9 Å². The molecular weight excluding hydrogens is 340 g/mol. The lowest BCUT2D eigenvalue weighted by molar-refractivity contribution is -0.139. The molecular formula is C20H19F2NO3. The summed E-state index contributed by atoms with van der Waals surface area (Å²) in [5, 5.41) is 8.76. The van der Waals surface area contributed by atoms with Crippen molar-refractivity contribution in [1.82, 2.24) is 4.90 Å². The van der Waals surface area contributed by atoms with E-state index in [-0.39, 0.29) is 5.75 Å². The Bertz CT molecular complexity index is 845. The predicted octanol–water partition coefficient (Wildman–Crippen LogP) is 4.16. The number of hydrogen-bond donors (Lipinski definition) is 1. The topological polar surface area (TPSA) is 49.8 Å². The zero-order valence-electron chi connectivity index (χ0n) is 14.2. The number of carbonyl (C=O) groups is 1. The molecule has 3 rings (SSSR count). The molecule has 1 aliphatic heterocycles. The third-order valence-corrected chi connectivity index (χ3v) is 4.37. The van der Waals surface area contributed by atoms with E-state index in [9.17, 15) is 13.6 Å².